The van der Waals surface area contributed by atoms with Crippen LogP contribution in [-0.2, 0) is 28.0 Å². The molecule has 2 aliphatic heterocycles. The van der Waals surface area contributed by atoms with Crippen LogP contribution in [0.5, 0.6) is 0 Å². The maximum atomic E-state index is 11.8. The van der Waals surface area contributed by atoms with E-state index in [1.807, 2.05) is 0 Å². The Morgan fingerprint density at radius 2 is 1.45 bits per heavy atom. The van der Waals surface area contributed by atoms with Crippen molar-refractivity contribution < 1.29 is 128 Å². The normalized spacial score (nSPS) is 36.3. The van der Waals surface area contributed by atoms with Crippen molar-refractivity contribution >= 4 is 13.7 Å². The summed E-state index contributed by atoms with van der Waals surface area (Å²) in [6.45, 7) is 1.94. The van der Waals surface area contributed by atoms with E-state index in [0.717, 1.165) is 39.0 Å². The SMILES string of the molecule is CCCCCCCCO[C@@H]1O[C@H](CO)[C@@H](O[C@@H]2O[C@H](CO)[C@H](OP(=O)([O-])O)[C@H](O)[C@H]2O)[C@H](O)[C@H]1N=C(C)[O-].[Na+].[Na+]. The van der Waals surface area contributed by atoms with Crippen molar-refractivity contribution in [2.45, 2.75) is 114 Å². The minimum absolute atomic E-state index is 0. The summed E-state index contributed by atoms with van der Waals surface area (Å²) in [5.74, 6) is -0.636. The molecule has 0 aromatic carbocycles. The van der Waals surface area contributed by atoms with E-state index < -0.39 is 88.3 Å². The molecule has 2 rings (SSSR count). The molecular weight excluding hydrogens is 579 g/mol. The van der Waals surface area contributed by atoms with E-state index in [4.69, 9.17) is 23.8 Å². The Morgan fingerprint density at radius 1 is 0.900 bits per heavy atom. The molecule has 0 bridgehead atoms. The zero-order valence-corrected chi connectivity index (χ0v) is 28.4. The van der Waals surface area contributed by atoms with Crippen molar-refractivity contribution in [1.82, 2.24) is 0 Å². The van der Waals surface area contributed by atoms with Crippen LogP contribution in [0.25, 0.3) is 0 Å². The van der Waals surface area contributed by atoms with Gasteiger partial charge in [-0.05, 0) is 19.2 Å². The monoisotopic (exact) mass is 619 g/mol. The minimum Gasteiger partial charge on any atom is -0.862 e. The quantitative estimate of drug-likeness (QED) is 0.0328. The molecule has 15 nitrogen and oxygen atoms in total. The number of hydrogen-bond donors (Lipinski definition) is 6. The molecule has 0 saturated carbocycles. The van der Waals surface area contributed by atoms with E-state index in [0.29, 0.717) is 6.42 Å². The van der Waals surface area contributed by atoms with Gasteiger partial charge in [0.05, 0.1) is 13.2 Å². The Kier molecular flexibility index (Phi) is 20.9. The summed E-state index contributed by atoms with van der Waals surface area (Å²) in [4.78, 5) is 23.9. The fourth-order valence-electron chi connectivity index (χ4n) is 4.39. The van der Waals surface area contributed by atoms with Gasteiger partial charge in [-0.25, -0.2) is 0 Å². The third-order valence-corrected chi connectivity index (χ3v) is 6.81. The third-order valence-electron chi connectivity index (χ3n) is 6.30. The first-order valence-corrected chi connectivity index (χ1v) is 14.2. The molecule has 1 unspecified atom stereocenters. The van der Waals surface area contributed by atoms with Crippen LogP contribution in [0.2, 0.25) is 0 Å². The first-order valence-electron chi connectivity index (χ1n) is 12.7. The minimum atomic E-state index is -5.38. The van der Waals surface area contributed by atoms with Gasteiger partial charge in [0, 0.05) is 6.61 Å². The smallest absolute Gasteiger partial charge is 0.862 e. The summed E-state index contributed by atoms with van der Waals surface area (Å²) in [7, 11) is -5.38. The number of phosphoric ester groups is 1. The molecule has 2 aliphatic rings. The van der Waals surface area contributed by atoms with Crippen molar-refractivity contribution in [2.24, 2.45) is 4.99 Å². The van der Waals surface area contributed by atoms with Gasteiger partial charge in [0.1, 0.15) is 48.8 Å². The summed E-state index contributed by atoms with van der Waals surface area (Å²) >= 11 is 0. The van der Waals surface area contributed by atoms with Crippen molar-refractivity contribution in [3.8, 4) is 0 Å². The number of ether oxygens (including phenoxy) is 4. The largest absolute Gasteiger partial charge is 1.00 e. The van der Waals surface area contributed by atoms with E-state index in [9.17, 15) is 40.1 Å². The zero-order chi connectivity index (χ0) is 28.5. The van der Waals surface area contributed by atoms with Crippen LogP contribution in [0.3, 0.4) is 0 Å². The Morgan fingerprint density at radius 3 is 2.00 bits per heavy atom. The van der Waals surface area contributed by atoms with Crippen LogP contribution in [-0.4, -0.2) is 117 Å². The molecule has 18 heteroatoms. The van der Waals surface area contributed by atoms with E-state index in [2.05, 4.69) is 16.4 Å². The molecule has 2 heterocycles. The molecule has 40 heavy (non-hydrogen) atoms. The van der Waals surface area contributed by atoms with Crippen LogP contribution >= 0.6 is 7.82 Å². The Balaban J connectivity index is 0.00000760. The molecule has 6 N–H and O–H groups in total. The van der Waals surface area contributed by atoms with Crippen LogP contribution in [0, 0.1) is 0 Å². The molecule has 0 amide bonds. The van der Waals surface area contributed by atoms with E-state index in [-0.39, 0.29) is 65.7 Å². The maximum Gasteiger partial charge on any atom is 1.00 e. The Hall–Kier alpha value is 1.22. The molecule has 0 radical (unpaired) electrons. The van der Waals surface area contributed by atoms with Gasteiger partial charge in [0.25, 0.3) is 7.82 Å². The summed E-state index contributed by atoms with van der Waals surface area (Å²) < 4.78 is 37.9. The third kappa shape index (κ3) is 12.7. The predicted molar refractivity (Wildman–Crippen MR) is 125 cm³/mol. The fourth-order valence-corrected chi connectivity index (χ4v) is 4.96. The first-order chi connectivity index (χ1) is 17.9. The standard InChI is InChI=1S/C22H42NO14P.2Na/c1-3-4-5-6-7-8-9-33-21-15(23-12(2)26)16(27)19(13(10-24)34-21)36-22-18(29)17(28)20(14(11-25)35-22)37-38(30,31)32;;/h13-22,24-25,27-29H,3-11H2,1-2H3,(H,23,26)(H2,30,31,32);;/q;2*+1/p-2/t13-,14-,15-,16-,17-,18-,19-,20+,21-,22+;;/m1../s1. The summed E-state index contributed by atoms with van der Waals surface area (Å²) in [6, 6.07) is -1.27. The molecule has 11 atom stereocenters. The maximum absolute atomic E-state index is 11.8. The topological polar surface area (TPSA) is 243 Å². The van der Waals surface area contributed by atoms with Gasteiger partial charge in [0.2, 0.25) is 0 Å². The number of aliphatic imine (C=N–C) groups is 1. The number of aliphatic hydroxyl groups excluding tert-OH is 5. The van der Waals surface area contributed by atoms with E-state index in [1.54, 1.807) is 0 Å². The van der Waals surface area contributed by atoms with Gasteiger partial charge in [-0.15, -0.1) is 0 Å². The molecule has 0 aromatic heterocycles. The molecule has 0 aromatic rings. The van der Waals surface area contributed by atoms with Gasteiger partial charge >= 0.3 is 59.1 Å². The second kappa shape index (κ2) is 20.3. The average Bonchev–Trinajstić information content (AvgIpc) is 2.85. The predicted octanol–water partition coefficient (Wildman–Crippen LogP) is -8.73. The van der Waals surface area contributed by atoms with Crippen LogP contribution < -0.4 is 69.1 Å². The van der Waals surface area contributed by atoms with Gasteiger partial charge in [-0.3, -0.25) is 9.56 Å². The number of hydrogen-bond acceptors (Lipinski definition) is 14. The zero-order valence-electron chi connectivity index (χ0n) is 23.5. The molecule has 0 aliphatic carbocycles. The van der Waals surface area contributed by atoms with Gasteiger partial charge in [-0.2, -0.15) is 0 Å². The Bertz CT molecular complexity index is 774. The van der Waals surface area contributed by atoms with Crippen molar-refractivity contribution in [3.63, 3.8) is 0 Å². The fraction of sp³-hybridized carbons (Fsp3) is 0.955. The van der Waals surface area contributed by atoms with Crippen molar-refractivity contribution in [1.29, 1.82) is 0 Å². The summed E-state index contributed by atoms with van der Waals surface area (Å²) in [5.41, 5.74) is 0. The number of rotatable bonds is 15. The van der Waals surface area contributed by atoms with E-state index >= 15 is 0 Å². The van der Waals surface area contributed by atoms with Gasteiger partial charge < -0.3 is 63.9 Å². The molecule has 2 fully saturated rings. The Labute approximate surface area is 278 Å². The van der Waals surface area contributed by atoms with Crippen molar-refractivity contribution in [3.05, 3.63) is 0 Å². The number of aliphatic hydroxyl groups is 5. The van der Waals surface area contributed by atoms with Gasteiger partial charge in [-0.1, -0.05) is 39.0 Å². The van der Waals surface area contributed by atoms with E-state index in [1.165, 1.54) is 0 Å². The molecule has 2 saturated heterocycles. The van der Waals surface area contributed by atoms with Gasteiger partial charge in [0.15, 0.2) is 12.6 Å². The number of nitrogens with zero attached hydrogens (tertiary/aromatic N) is 1. The average molecular weight is 620 g/mol. The number of unbranched alkanes of at least 4 members (excludes halogenated alkanes) is 5. The van der Waals surface area contributed by atoms with Crippen LogP contribution in [0.4, 0.5) is 0 Å². The molecule has 0 spiro atoms. The second-order valence-corrected chi connectivity index (χ2v) is 10.5. The summed E-state index contributed by atoms with van der Waals surface area (Å²) in [6.07, 6.45) is -8.72. The van der Waals surface area contributed by atoms with Crippen LogP contribution in [0.1, 0.15) is 52.4 Å². The van der Waals surface area contributed by atoms with Crippen molar-refractivity contribution in [2.75, 3.05) is 19.8 Å². The summed E-state index contributed by atoms with van der Waals surface area (Å²) in [5, 5.41) is 63.1. The molecule has 224 valence electrons. The van der Waals surface area contributed by atoms with Crippen LogP contribution in [0.15, 0.2) is 4.99 Å². The second-order valence-electron chi connectivity index (χ2n) is 9.34. The number of phosphoric acid groups is 1. The molecular formula is C22H40NNa2O14P. The first kappa shape index (κ1) is 41.2.